The molecule has 144 valence electrons. The van der Waals surface area contributed by atoms with Crippen LogP contribution in [0.25, 0.3) is 0 Å². The zero-order chi connectivity index (χ0) is 18.4. The van der Waals surface area contributed by atoms with E-state index in [1.807, 2.05) is 27.7 Å². The molecule has 1 unspecified atom stereocenters. The number of nitrogens with one attached hydrogen (secondary N) is 2. The lowest BCUT2D eigenvalue weighted by atomic mass is 10.0. The third-order valence-electron chi connectivity index (χ3n) is 3.88. The lowest BCUT2D eigenvalue weighted by molar-refractivity contribution is 0.505. The fourth-order valence-electron chi connectivity index (χ4n) is 2.28. The molecular weight excluding hydrogens is 469 g/mol. The van der Waals surface area contributed by atoms with Crippen LogP contribution in [0.4, 0.5) is 8.78 Å². The van der Waals surface area contributed by atoms with Crippen LogP contribution in [-0.2, 0) is 6.54 Å². The van der Waals surface area contributed by atoms with Crippen LogP contribution in [0.3, 0.4) is 0 Å². The van der Waals surface area contributed by atoms with Crippen molar-refractivity contribution >= 4 is 41.3 Å². The van der Waals surface area contributed by atoms with Gasteiger partial charge in [0.25, 0.3) is 0 Å². The van der Waals surface area contributed by atoms with Crippen LogP contribution < -0.4 is 10.6 Å². The van der Waals surface area contributed by atoms with Gasteiger partial charge in [0.15, 0.2) is 17.6 Å². The molecule has 0 saturated heterocycles. The summed E-state index contributed by atoms with van der Waals surface area (Å²) in [7, 11) is 0. The Morgan fingerprint density at radius 3 is 2.54 bits per heavy atom. The fourth-order valence-corrected chi connectivity index (χ4v) is 3.14. The second kappa shape index (κ2) is 10.8. The third kappa shape index (κ3) is 6.46. The molecule has 1 aromatic carbocycles. The average Bonchev–Trinajstić information content (AvgIpc) is 2.90. The number of thiazole rings is 1. The summed E-state index contributed by atoms with van der Waals surface area (Å²) >= 11 is 1.65. The Bertz CT molecular complexity index is 729. The molecule has 1 atom stereocenters. The van der Waals surface area contributed by atoms with E-state index in [1.54, 1.807) is 17.4 Å². The Balaban J connectivity index is 0.00000338. The van der Waals surface area contributed by atoms with Gasteiger partial charge in [-0.15, -0.1) is 35.3 Å². The molecule has 0 fully saturated rings. The predicted octanol–water partition coefficient (Wildman–Crippen LogP) is 4.51. The Hall–Kier alpha value is -1.29. The van der Waals surface area contributed by atoms with E-state index in [2.05, 4.69) is 20.6 Å². The number of nitrogens with zero attached hydrogens (tertiary/aromatic N) is 2. The van der Waals surface area contributed by atoms with Crippen molar-refractivity contribution in [1.82, 2.24) is 15.6 Å². The van der Waals surface area contributed by atoms with Crippen molar-refractivity contribution in [1.29, 1.82) is 0 Å². The van der Waals surface area contributed by atoms with Gasteiger partial charge in [0.05, 0.1) is 12.2 Å². The number of guanidine groups is 1. The number of aromatic nitrogens is 1. The maximum atomic E-state index is 13.4. The first-order chi connectivity index (χ1) is 11.9. The van der Waals surface area contributed by atoms with Gasteiger partial charge in [-0.05, 0) is 44.4 Å². The van der Waals surface area contributed by atoms with Crippen molar-refractivity contribution in [3.8, 4) is 0 Å². The first-order valence-corrected chi connectivity index (χ1v) is 9.12. The SMILES string of the molecule is CCNC(=NCc1nc(C)c(C)s1)NCC(C)c1ccc(F)c(F)c1.I. The quantitative estimate of drug-likeness (QED) is 0.353. The van der Waals surface area contributed by atoms with Gasteiger partial charge < -0.3 is 10.6 Å². The van der Waals surface area contributed by atoms with E-state index in [-0.39, 0.29) is 29.9 Å². The predicted molar refractivity (Wildman–Crippen MR) is 115 cm³/mol. The van der Waals surface area contributed by atoms with Crippen LogP contribution in [-0.4, -0.2) is 24.0 Å². The van der Waals surface area contributed by atoms with Crippen LogP contribution in [0.15, 0.2) is 23.2 Å². The topological polar surface area (TPSA) is 49.3 Å². The largest absolute Gasteiger partial charge is 0.357 e. The Labute approximate surface area is 174 Å². The molecule has 0 amide bonds. The molecule has 0 saturated carbocycles. The average molecular weight is 494 g/mol. The van der Waals surface area contributed by atoms with Gasteiger partial charge in [0, 0.05) is 18.0 Å². The first-order valence-electron chi connectivity index (χ1n) is 8.30. The second-order valence-corrected chi connectivity index (χ2v) is 7.19. The number of aliphatic imine (C=N–C) groups is 1. The Kier molecular flexibility index (Phi) is 9.42. The summed E-state index contributed by atoms with van der Waals surface area (Å²) in [5, 5.41) is 7.40. The van der Waals surface area contributed by atoms with E-state index in [9.17, 15) is 8.78 Å². The molecule has 0 radical (unpaired) electrons. The molecule has 0 aliphatic carbocycles. The molecule has 4 nitrogen and oxygen atoms in total. The Morgan fingerprint density at radius 1 is 1.23 bits per heavy atom. The summed E-state index contributed by atoms with van der Waals surface area (Å²) in [5.41, 5.74) is 1.79. The minimum Gasteiger partial charge on any atom is -0.357 e. The zero-order valence-corrected chi connectivity index (χ0v) is 18.5. The molecule has 2 rings (SSSR count). The van der Waals surface area contributed by atoms with Crippen molar-refractivity contribution in [3.05, 3.63) is 51.0 Å². The van der Waals surface area contributed by atoms with Crippen molar-refractivity contribution in [2.45, 2.75) is 40.2 Å². The summed E-state index contributed by atoms with van der Waals surface area (Å²) in [6.07, 6.45) is 0. The number of hydrogen-bond donors (Lipinski definition) is 2. The van der Waals surface area contributed by atoms with Gasteiger partial charge >= 0.3 is 0 Å². The van der Waals surface area contributed by atoms with Crippen molar-refractivity contribution in [2.24, 2.45) is 4.99 Å². The smallest absolute Gasteiger partial charge is 0.191 e. The minimum atomic E-state index is -0.826. The van der Waals surface area contributed by atoms with Gasteiger partial charge in [-0.3, -0.25) is 0 Å². The van der Waals surface area contributed by atoms with E-state index in [0.29, 0.717) is 19.0 Å². The number of aryl methyl sites for hydroxylation is 2. The molecule has 2 N–H and O–H groups in total. The minimum absolute atomic E-state index is 0. The number of rotatable bonds is 6. The molecular formula is C18H25F2IN4S. The molecule has 0 aliphatic rings. The fraction of sp³-hybridized carbons (Fsp3) is 0.444. The highest BCUT2D eigenvalue weighted by atomic mass is 127. The van der Waals surface area contributed by atoms with Crippen LogP contribution in [0.1, 0.15) is 40.9 Å². The van der Waals surface area contributed by atoms with Gasteiger partial charge in [-0.1, -0.05) is 13.0 Å². The molecule has 26 heavy (non-hydrogen) atoms. The van der Waals surface area contributed by atoms with Crippen LogP contribution >= 0.6 is 35.3 Å². The molecule has 1 heterocycles. The van der Waals surface area contributed by atoms with Gasteiger partial charge in [-0.25, -0.2) is 18.8 Å². The summed E-state index contributed by atoms with van der Waals surface area (Å²) in [4.78, 5) is 10.2. The highest BCUT2D eigenvalue weighted by molar-refractivity contribution is 14.0. The van der Waals surface area contributed by atoms with Gasteiger partial charge in [0.2, 0.25) is 0 Å². The van der Waals surface area contributed by atoms with Crippen molar-refractivity contribution in [3.63, 3.8) is 0 Å². The summed E-state index contributed by atoms with van der Waals surface area (Å²) in [6, 6.07) is 4.01. The summed E-state index contributed by atoms with van der Waals surface area (Å²) < 4.78 is 26.4. The van der Waals surface area contributed by atoms with E-state index in [4.69, 9.17) is 0 Å². The standard InChI is InChI=1S/C18H24F2N4S.HI/c1-5-21-18(23-10-17-24-12(3)13(4)25-17)22-9-11(2)14-6-7-15(19)16(20)8-14;/h6-8,11H,5,9-10H2,1-4H3,(H2,21,22,23);1H. The second-order valence-electron chi connectivity index (χ2n) is 5.90. The van der Waals surface area contributed by atoms with Crippen LogP contribution in [0.5, 0.6) is 0 Å². The van der Waals surface area contributed by atoms with E-state index >= 15 is 0 Å². The summed E-state index contributed by atoms with van der Waals surface area (Å²) in [5.74, 6) is -0.946. The molecule has 0 spiro atoms. The maximum Gasteiger partial charge on any atom is 0.191 e. The monoisotopic (exact) mass is 494 g/mol. The highest BCUT2D eigenvalue weighted by Crippen LogP contribution is 2.18. The van der Waals surface area contributed by atoms with E-state index in [0.717, 1.165) is 28.9 Å². The molecule has 2 aromatic rings. The zero-order valence-electron chi connectivity index (χ0n) is 15.4. The summed E-state index contributed by atoms with van der Waals surface area (Å²) in [6.45, 7) is 9.80. The maximum absolute atomic E-state index is 13.4. The van der Waals surface area contributed by atoms with Crippen LogP contribution in [0.2, 0.25) is 0 Å². The van der Waals surface area contributed by atoms with Gasteiger partial charge in [-0.2, -0.15) is 0 Å². The first kappa shape index (κ1) is 22.8. The van der Waals surface area contributed by atoms with Crippen molar-refractivity contribution in [2.75, 3.05) is 13.1 Å². The number of benzene rings is 1. The Morgan fingerprint density at radius 2 is 1.96 bits per heavy atom. The van der Waals surface area contributed by atoms with Gasteiger partial charge in [0.1, 0.15) is 5.01 Å². The van der Waals surface area contributed by atoms with Crippen LogP contribution in [0, 0.1) is 25.5 Å². The molecule has 0 bridgehead atoms. The van der Waals surface area contributed by atoms with Crippen molar-refractivity contribution < 1.29 is 8.78 Å². The third-order valence-corrected chi connectivity index (χ3v) is 4.94. The van der Waals surface area contributed by atoms with E-state index in [1.165, 1.54) is 10.9 Å². The molecule has 8 heteroatoms. The molecule has 1 aromatic heterocycles. The van der Waals surface area contributed by atoms with E-state index < -0.39 is 11.6 Å². The number of halogens is 3. The highest BCUT2D eigenvalue weighted by Gasteiger charge is 2.10. The normalized spacial score (nSPS) is 12.5. The lowest BCUT2D eigenvalue weighted by Gasteiger charge is -2.16. The lowest BCUT2D eigenvalue weighted by Crippen LogP contribution is -2.39. The number of hydrogen-bond acceptors (Lipinski definition) is 3. The molecule has 0 aliphatic heterocycles.